The minimum absolute atomic E-state index is 0.116. The van der Waals surface area contributed by atoms with Gasteiger partial charge in [-0.15, -0.1) is 0 Å². The van der Waals surface area contributed by atoms with Gasteiger partial charge in [-0.3, -0.25) is 9.78 Å². The summed E-state index contributed by atoms with van der Waals surface area (Å²) >= 11 is 0. The first kappa shape index (κ1) is 14.8. The predicted molar refractivity (Wildman–Crippen MR) is 81.0 cm³/mol. The molecule has 0 aromatic carbocycles. The molecule has 1 saturated carbocycles. The summed E-state index contributed by atoms with van der Waals surface area (Å²) in [5.41, 5.74) is 1.45. The molecular weight excluding hydrogens is 252 g/mol. The van der Waals surface area contributed by atoms with Gasteiger partial charge in [0.15, 0.2) is 0 Å². The summed E-state index contributed by atoms with van der Waals surface area (Å²) in [6.07, 6.45) is 6.39. The van der Waals surface area contributed by atoms with Crippen LogP contribution in [0.15, 0.2) is 18.3 Å². The molecule has 5 nitrogen and oxygen atoms in total. The van der Waals surface area contributed by atoms with E-state index >= 15 is 0 Å². The number of hydrogen-bond donors (Lipinski definition) is 3. The maximum absolute atomic E-state index is 11.8. The van der Waals surface area contributed by atoms with Crippen molar-refractivity contribution in [2.75, 3.05) is 18.9 Å². The maximum atomic E-state index is 11.8. The SMILES string of the molecule is CCNC(=O)c1cc(NC2CCC(NC)CC2)ccn1. The van der Waals surface area contributed by atoms with Crippen molar-refractivity contribution < 1.29 is 4.79 Å². The van der Waals surface area contributed by atoms with Gasteiger partial charge in [0, 0.05) is 30.5 Å². The Hall–Kier alpha value is -1.62. The summed E-state index contributed by atoms with van der Waals surface area (Å²) in [4.78, 5) is 15.9. The van der Waals surface area contributed by atoms with Gasteiger partial charge in [-0.1, -0.05) is 0 Å². The van der Waals surface area contributed by atoms with Crippen LogP contribution in [0.25, 0.3) is 0 Å². The smallest absolute Gasteiger partial charge is 0.269 e. The summed E-state index contributed by atoms with van der Waals surface area (Å²) in [5.74, 6) is -0.116. The van der Waals surface area contributed by atoms with E-state index in [2.05, 4.69) is 20.9 Å². The molecule has 0 atom stereocenters. The largest absolute Gasteiger partial charge is 0.382 e. The molecule has 0 bridgehead atoms. The first-order valence-electron chi connectivity index (χ1n) is 7.41. The Morgan fingerprint density at radius 2 is 2.00 bits per heavy atom. The molecule has 0 spiro atoms. The number of anilines is 1. The second kappa shape index (κ2) is 7.24. The number of rotatable bonds is 5. The number of aromatic nitrogens is 1. The maximum Gasteiger partial charge on any atom is 0.269 e. The lowest BCUT2D eigenvalue weighted by Crippen LogP contribution is -2.35. The normalized spacial score (nSPS) is 22.3. The van der Waals surface area contributed by atoms with Crippen molar-refractivity contribution >= 4 is 11.6 Å². The summed E-state index contributed by atoms with van der Waals surface area (Å²) < 4.78 is 0. The lowest BCUT2D eigenvalue weighted by atomic mass is 9.91. The van der Waals surface area contributed by atoms with E-state index in [1.54, 1.807) is 6.20 Å². The fraction of sp³-hybridized carbons (Fsp3) is 0.600. The van der Waals surface area contributed by atoms with Crippen LogP contribution in [0.2, 0.25) is 0 Å². The highest BCUT2D eigenvalue weighted by Crippen LogP contribution is 2.22. The Labute approximate surface area is 120 Å². The van der Waals surface area contributed by atoms with Crippen LogP contribution >= 0.6 is 0 Å². The third kappa shape index (κ3) is 3.93. The lowest BCUT2D eigenvalue weighted by molar-refractivity contribution is 0.0951. The average Bonchev–Trinajstić information content (AvgIpc) is 2.48. The molecule has 1 aliphatic carbocycles. The molecule has 1 aromatic rings. The number of nitrogens with one attached hydrogen (secondary N) is 3. The molecule has 5 heteroatoms. The van der Waals surface area contributed by atoms with Crippen molar-refractivity contribution in [2.45, 2.75) is 44.7 Å². The number of carbonyl (C=O) groups excluding carboxylic acids is 1. The summed E-state index contributed by atoms with van der Waals surface area (Å²) in [7, 11) is 2.03. The van der Waals surface area contributed by atoms with Gasteiger partial charge in [0.1, 0.15) is 5.69 Å². The van der Waals surface area contributed by atoms with Crippen molar-refractivity contribution in [2.24, 2.45) is 0 Å². The molecule has 1 aromatic heterocycles. The van der Waals surface area contributed by atoms with E-state index in [0.717, 1.165) is 18.5 Å². The zero-order valence-electron chi connectivity index (χ0n) is 12.3. The molecule has 1 heterocycles. The minimum Gasteiger partial charge on any atom is -0.382 e. The molecule has 110 valence electrons. The third-order valence-corrected chi connectivity index (χ3v) is 3.84. The second-order valence-electron chi connectivity index (χ2n) is 5.27. The molecule has 1 fully saturated rings. The van der Waals surface area contributed by atoms with Crippen molar-refractivity contribution in [3.8, 4) is 0 Å². The predicted octanol–water partition coefficient (Wildman–Crippen LogP) is 1.77. The Kier molecular flexibility index (Phi) is 5.35. The van der Waals surface area contributed by atoms with E-state index in [0.29, 0.717) is 24.3 Å². The molecule has 3 N–H and O–H groups in total. The van der Waals surface area contributed by atoms with Crippen molar-refractivity contribution in [1.82, 2.24) is 15.6 Å². The van der Waals surface area contributed by atoms with Crippen LogP contribution in [0.4, 0.5) is 5.69 Å². The quantitative estimate of drug-likeness (QED) is 0.767. The highest BCUT2D eigenvalue weighted by Gasteiger charge is 2.19. The van der Waals surface area contributed by atoms with Crippen LogP contribution in [0.5, 0.6) is 0 Å². The van der Waals surface area contributed by atoms with Crippen LogP contribution in [0, 0.1) is 0 Å². The molecule has 2 rings (SSSR count). The zero-order chi connectivity index (χ0) is 14.4. The van der Waals surface area contributed by atoms with Crippen LogP contribution < -0.4 is 16.0 Å². The molecule has 0 saturated heterocycles. The topological polar surface area (TPSA) is 66.1 Å². The van der Waals surface area contributed by atoms with E-state index in [9.17, 15) is 4.79 Å². The van der Waals surface area contributed by atoms with Gasteiger partial charge in [-0.2, -0.15) is 0 Å². The number of amides is 1. The highest BCUT2D eigenvalue weighted by atomic mass is 16.1. The monoisotopic (exact) mass is 276 g/mol. The van der Waals surface area contributed by atoms with Gasteiger partial charge in [0.05, 0.1) is 0 Å². The Balaban J connectivity index is 1.93. The fourth-order valence-corrected chi connectivity index (χ4v) is 2.66. The Bertz CT molecular complexity index is 441. The third-order valence-electron chi connectivity index (χ3n) is 3.84. The summed E-state index contributed by atoms with van der Waals surface area (Å²) in [6.45, 7) is 2.52. The van der Waals surface area contributed by atoms with Crippen LogP contribution in [-0.2, 0) is 0 Å². The van der Waals surface area contributed by atoms with E-state index in [4.69, 9.17) is 0 Å². The van der Waals surface area contributed by atoms with Gasteiger partial charge in [0.25, 0.3) is 5.91 Å². The van der Waals surface area contributed by atoms with Crippen LogP contribution in [0.1, 0.15) is 43.1 Å². The summed E-state index contributed by atoms with van der Waals surface area (Å²) in [6, 6.07) is 4.89. The minimum atomic E-state index is -0.116. The standard InChI is InChI=1S/C15H24N4O/c1-3-17-15(20)14-10-13(8-9-18-14)19-12-6-4-11(16-2)5-7-12/h8-12,16H,3-7H2,1-2H3,(H,17,20)(H,18,19). The molecule has 20 heavy (non-hydrogen) atoms. The average molecular weight is 276 g/mol. The lowest BCUT2D eigenvalue weighted by Gasteiger charge is -2.29. The van der Waals surface area contributed by atoms with E-state index in [-0.39, 0.29) is 5.91 Å². The first-order valence-corrected chi connectivity index (χ1v) is 7.41. The van der Waals surface area contributed by atoms with E-state index in [1.165, 1.54) is 12.8 Å². The second-order valence-corrected chi connectivity index (χ2v) is 5.27. The zero-order valence-corrected chi connectivity index (χ0v) is 12.3. The number of carbonyl (C=O) groups is 1. The van der Waals surface area contributed by atoms with E-state index in [1.807, 2.05) is 26.1 Å². The van der Waals surface area contributed by atoms with Crippen molar-refractivity contribution in [3.63, 3.8) is 0 Å². The molecule has 1 aliphatic rings. The van der Waals surface area contributed by atoms with Crippen LogP contribution in [-0.4, -0.2) is 36.6 Å². The Morgan fingerprint density at radius 1 is 1.30 bits per heavy atom. The summed E-state index contributed by atoms with van der Waals surface area (Å²) in [5, 5.41) is 9.62. The van der Waals surface area contributed by atoms with E-state index < -0.39 is 0 Å². The van der Waals surface area contributed by atoms with Gasteiger partial charge < -0.3 is 16.0 Å². The molecule has 0 aliphatic heterocycles. The van der Waals surface area contributed by atoms with Crippen molar-refractivity contribution in [1.29, 1.82) is 0 Å². The van der Waals surface area contributed by atoms with Gasteiger partial charge in [0.2, 0.25) is 0 Å². The van der Waals surface area contributed by atoms with Crippen molar-refractivity contribution in [3.05, 3.63) is 24.0 Å². The Morgan fingerprint density at radius 3 is 2.65 bits per heavy atom. The molecule has 0 unspecified atom stereocenters. The van der Waals surface area contributed by atoms with Gasteiger partial charge >= 0.3 is 0 Å². The van der Waals surface area contributed by atoms with Gasteiger partial charge in [-0.05, 0) is 51.8 Å². The number of pyridine rings is 1. The first-order chi connectivity index (χ1) is 9.72. The van der Waals surface area contributed by atoms with Gasteiger partial charge in [-0.25, -0.2) is 0 Å². The molecule has 1 amide bonds. The van der Waals surface area contributed by atoms with Crippen LogP contribution in [0.3, 0.4) is 0 Å². The number of hydrogen-bond acceptors (Lipinski definition) is 4. The highest BCUT2D eigenvalue weighted by molar-refractivity contribution is 5.93. The number of nitrogens with zero attached hydrogens (tertiary/aromatic N) is 1. The molecule has 0 radical (unpaired) electrons. The fourth-order valence-electron chi connectivity index (χ4n) is 2.66. The molecular formula is C15H24N4O.